The number of pyridine rings is 1. The van der Waals surface area contributed by atoms with Crippen LogP contribution in [0, 0.1) is 10.1 Å². The zero-order valence-corrected chi connectivity index (χ0v) is 10.5. The number of benzene rings is 1. The molecule has 0 bridgehead atoms. The Balaban J connectivity index is 2.27. The summed E-state index contributed by atoms with van der Waals surface area (Å²) in [6.45, 7) is 0. The van der Waals surface area contributed by atoms with Crippen molar-refractivity contribution in [2.45, 2.75) is 0 Å². The van der Waals surface area contributed by atoms with Crippen LogP contribution in [0.25, 0.3) is 0 Å². The van der Waals surface area contributed by atoms with Crippen LogP contribution in [-0.2, 0) is 0 Å². The maximum Gasteiger partial charge on any atom is 0.343 e. The van der Waals surface area contributed by atoms with Crippen molar-refractivity contribution in [1.29, 1.82) is 0 Å². The molecule has 0 aliphatic carbocycles. The monoisotopic (exact) mass is 274 g/mol. The van der Waals surface area contributed by atoms with Gasteiger partial charge in [0.2, 0.25) is 0 Å². The molecule has 20 heavy (non-hydrogen) atoms. The van der Waals surface area contributed by atoms with Gasteiger partial charge in [0, 0.05) is 12.3 Å². The minimum absolute atomic E-state index is 0.0568. The van der Waals surface area contributed by atoms with Crippen LogP contribution in [0.1, 0.15) is 10.4 Å². The zero-order chi connectivity index (χ0) is 14.5. The van der Waals surface area contributed by atoms with Gasteiger partial charge in [-0.2, -0.15) is 0 Å². The van der Waals surface area contributed by atoms with Crippen LogP contribution in [0.5, 0.6) is 11.5 Å². The number of ether oxygens (including phenoxy) is 2. The van der Waals surface area contributed by atoms with Crippen LogP contribution in [0.2, 0.25) is 0 Å². The van der Waals surface area contributed by atoms with E-state index in [9.17, 15) is 14.9 Å². The maximum absolute atomic E-state index is 11.9. The molecule has 102 valence electrons. The molecule has 0 amide bonds. The number of carbonyl (C=O) groups excluding carboxylic acids is 1. The van der Waals surface area contributed by atoms with Gasteiger partial charge in [0.25, 0.3) is 0 Å². The molecule has 0 N–H and O–H groups in total. The summed E-state index contributed by atoms with van der Waals surface area (Å²) in [5.41, 5.74) is -0.241. The van der Waals surface area contributed by atoms with Crippen molar-refractivity contribution in [1.82, 2.24) is 4.98 Å². The van der Waals surface area contributed by atoms with Crippen molar-refractivity contribution in [2.75, 3.05) is 7.11 Å². The van der Waals surface area contributed by atoms with Crippen LogP contribution in [-0.4, -0.2) is 23.0 Å². The molecule has 0 radical (unpaired) electrons. The lowest BCUT2D eigenvalue weighted by atomic mass is 10.2. The van der Waals surface area contributed by atoms with E-state index in [-0.39, 0.29) is 22.7 Å². The summed E-state index contributed by atoms with van der Waals surface area (Å²) >= 11 is 0. The van der Waals surface area contributed by atoms with E-state index < -0.39 is 10.9 Å². The Bertz CT molecular complexity index is 642. The molecule has 1 aromatic heterocycles. The highest BCUT2D eigenvalue weighted by Gasteiger charge is 2.19. The number of rotatable bonds is 4. The number of carbonyl (C=O) groups is 1. The Hall–Kier alpha value is -2.96. The third kappa shape index (κ3) is 2.89. The summed E-state index contributed by atoms with van der Waals surface area (Å²) < 4.78 is 9.90. The smallest absolute Gasteiger partial charge is 0.343 e. The van der Waals surface area contributed by atoms with Gasteiger partial charge >= 0.3 is 11.7 Å². The first-order valence-electron chi connectivity index (χ1n) is 5.56. The lowest BCUT2D eigenvalue weighted by molar-refractivity contribution is -0.385. The molecule has 0 unspecified atom stereocenters. The van der Waals surface area contributed by atoms with Crippen molar-refractivity contribution in [2.24, 2.45) is 0 Å². The molecule has 2 aromatic rings. The summed E-state index contributed by atoms with van der Waals surface area (Å²) in [6, 6.07) is 7.02. The van der Waals surface area contributed by atoms with E-state index in [1.165, 1.54) is 31.6 Å². The highest BCUT2D eigenvalue weighted by Crippen LogP contribution is 2.27. The number of aromatic nitrogens is 1. The van der Waals surface area contributed by atoms with E-state index in [0.717, 1.165) is 6.07 Å². The second kappa shape index (κ2) is 5.79. The predicted molar refractivity (Wildman–Crippen MR) is 68.8 cm³/mol. The van der Waals surface area contributed by atoms with Gasteiger partial charge in [-0.15, -0.1) is 0 Å². The third-order valence-corrected chi connectivity index (χ3v) is 2.46. The highest BCUT2D eigenvalue weighted by atomic mass is 16.6. The summed E-state index contributed by atoms with van der Waals surface area (Å²) in [5, 5.41) is 10.9. The first-order chi connectivity index (χ1) is 9.61. The Morgan fingerprint density at radius 3 is 2.75 bits per heavy atom. The highest BCUT2D eigenvalue weighted by molar-refractivity contribution is 5.92. The lowest BCUT2D eigenvalue weighted by Gasteiger charge is -2.05. The fourth-order valence-corrected chi connectivity index (χ4v) is 1.53. The summed E-state index contributed by atoms with van der Waals surface area (Å²) in [4.78, 5) is 25.9. The first kappa shape index (κ1) is 13.5. The molecule has 0 saturated heterocycles. The molecular weight excluding hydrogens is 264 g/mol. The molecule has 7 heteroatoms. The second-order valence-corrected chi connectivity index (χ2v) is 3.72. The molecule has 0 fully saturated rings. The largest absolute Gasteiger partial charge is 0.490 e. The predicted octanol–water partition coefficient (Wildman–Crippen LogP) is 2.22. The van der Waals surface area contributed by atoms with Gasteiger partial charge in [-0.25, -0.2) is 4.79 Å². The first-order valence-corrected chi connectivity index (χ1v) is 5.56. The number of hydrogen-bond donors (Lipinski definition) is 0. The summed E-state index contributed by atoms with van der Waals surface area (Å²) in [5.74, 6) is -0.368. The van der Waals surface area contributed by atoms with Gasteiger partial charge in [-0.3, -0.25) is 15.1 Å². The van der Waals surface area contributed by atoms with E-state index in [1.54, 1.807) is 12.1 Å². The number of methoxy groups -OCH3 is 1. The average Bonchev–Trinajstić information content (AvgIpc) is 2.47. The third-order valence-electron chi connectivity index (χ3n) is 2.46. The van der Waals surface area contributed by atoms with E-state index >= 15 is 0 Å². The van der Waals surface area contributed by atoms with E-state index in [1.807, 2.05) is 0 Å². The van der Waals surface area contributed by atoms with Crippen LogP contribution in [0.3, 0.4) is 0 Å². The Morgan fingerprint density at radius 1 is 1.35 bits per heavy atom. The van der Waals surface area contributed by atoms with E-state index in [2.05, 4.69) is 4.98 Å². The second-order valence-electron chi connectivity index (χ2n) is 3.72. The molecule has 2 rings (SSSR count). The summed E-state index contributed by atoms with van der Waals surface area (Å²) in [6.07, 6.45) is 2.91. The van der Waals surface area contributed by atoms with Gasteiger partial charge in [0.15, 0.2) is 5.75 Å². The van der Waals surface area contributed by atoms with Crippen molar-refractivity contribution in [3.05, 3.63) is 58.4 Å². The molecule has 0 aliphatic rings. The van der Waals surface area contributed by atoms with Gasteiger partial charge < -0.3 is 9.47 Å². The normalized spacial score (nSPS) is 9.85. The number of hydrogen-bond acceptors (Lipinski definition) is 6. The van der Waals surface area contributed by atoms with Gasteiger partial charge in [-0.1, -0.05) is 0 Å². The molecule has 0 spiro atoms. The maximum atomic E-state index is 11.9. The fraction of sp³-hybridized carbons (Fsp3) is 0.0769. The molecular formula is C13H10N2O5. The number of nitro benzene ring substituents is 1. The molecule has 1 aromatic carbocycles. The standard InChI is InChI=1S/C13H10N2O5/c1-19-12-5-4-9(7-11(12)15(17)18)13(16)20-10-3-2-6-14-8-10/h2-8H,1H3. The number of esters is 1. The van der Waals surface area contributed by atoms with Crippen LogP contribution in [0.15, 0.2) is 42.7 Å². The van der Waals surface area contributed by atoms with Crippen molar-refractivity contribution in [3.8, 4) is 11.5 Å². The van der Waals surface area contributed by atoms with Gasteiger partial charge in [-0.05, 0) is 24.3 Å². The minimum atomic E-state index is -0.705. The molecule has 1 heterocycles. The Morgan fingerprint density at radius 2 is 2.15 bits per heavy atom. The minimum Gasteiger partial charge on any atom is -0.490 e. The SMILES string of the molecule is COc1ccc(C(=O)Oc2cccnc2)cc1[N+](=O)[O-]. The van der Waals surface area contributed by atoms with Gasteiger partial charge in [0.1, 0.15) is 5.75 Å². The van der Waals surface area contributed by atoms with Crippen LogP contribution in [0.4, 0.5) is 5.69 Å². The molecule has 0 aliphatic heterocycles. The zero-order valence-electron chi connectivity index (χ0n) is 10.5. The summed E-state index contributed by atoms with van der Waals surface area (Å²) in [7, 11) is 1.32. The number of nitro groups is 1. The van der Waals surface area contributed by atoms with Crippen LogP contribution >= 0.6 is 0 Å². The number of nitrogens with zero attached hydrogens (tertiary/aromatic N) is 2. The molecule has 0 saturated carbocycles. The topological polar surface area (TPSA) is 91.6 Å². The van der Waals surface area contributed by atoms with Crippen molar-refractivity contribution >= 4 is 11.7 Å². The molecule has 7 nitrogen and oxygen atoms in total. The van der Waals surface area contributed by atoms with Crippen LogP contribution < -0.4 is 9.47 Å². The van der Waals surface area contributed by atoms with E-state index in [4.69, 9.17) is 9.47 Å². The lowest BCUT2D eigenvalue weighted by Crippen LogP contribution is -2.09. The Labute approximate surface area is 113 Å². The van der Waals surface area contributed by atoms with Gasteiger partial charge in [0.05, 0.1) is 23.8 Å². The average molecular weight is 274 g/mol. The Kier molecular flexibility index (Phi) is 3.90. The quantitative estimate of drug-likeness (QED) is 0.482. The fourth-order valence-electron chi connectivity index (χ4n) is 1.53. The molecule has 0 atom stereocenters. The van der Waals surface area contributed by atoms with Crippen molar-refractivity contribution < 1.29 is 19.2 Å². The van der Waals surface area contributed by atoms with Crippen molar-refractivity contribution in [3.63, 3.8) is 0 Å². The van der Waals surface area contributed by atoms with E-state index in [0.29, 0.717) is 0 Å².